The van der Waals surface area contributed by atoms with Crippen molar-refractivity contribution in [2.24, 2.45) is 0 Å². The Labute approximate surface area is 113 Å². The van der Waals surface area contributed by atoms with Gasteiger partial charge in [0.25, 0.3) is 0 Å². The molecule has 2 rings (SSSR count). The van der Waals surface area contributed by atoms with Gasteiger partial charge in [0.15, 0.2) is 0 Å². The molecule has 1 saturated heterocycles. The molecule has 1 aromatic carbocycles. The maximum atomic E-state index is 13.9. The molecule has 104 valence electrons. The van der Waals surface area contributed by atoms with Gasteiger partial charge in [0.05, 0.1) is 18.4 Å². The largest absolute Gasteiger partial charge is 0.465 e. The van der Waals surface area contributed by atoms with Crippen LogP contribution in [0.15, 0.2) is 12.1 Å². The quantitative estimate of drug-likeness (QED) is 0.642. The third-order valence-corrected chi connectivity index (χ3v) is 4.32. The summed E-state index contributed by atoms with van der Waals surface area (Å²) in [4.78, 5) is 13.3. The Bertz CT molecular complexity index is 526. The fraction of sp³-hybridized carbons (Fsp3) is 0.417. The highest BCUT2D eigenvalue weighted by Gasteiger charge is 2.21. The minimum absolute atomic E-state index is 0.0497. The van der Waals surface area contributed by atoms with Crippen LogP contribution in [0.1, 0.15) is 10.4 Å². The Morgan fingerprint density at radius 3 is 2.63 bits per heavy atom. The zero-order valence-corrected chi connectivity index (χ0v) is 11.3. The number of hydrogen-bond acceptors (Lipinski definition) is 5. The van der Waals surface area contributed by atoms with Crippen molar-refractivity contribution in [1.82, 2.24) is 0 Å². The van der Waals surface area contributed by atoms with Crippen LogP contribution in [0.3, 0.4) is 0 Å². The van der Waals surface area contributed by atoms with Crippen molar-refractivity contribution < 1.29 is 18.1 Å². The lowest BCUT2D eigenvalue weighted by molar-refractivity contribution is 0.0602. The number of nitrogens with two attached hydrogens (primary N) is 1. The molecule has 2 N–H and O–H groups in total. The van der Waals surface area contributed by atoms with Gasteiger partial charge in [-0.15, -0.1) is 0 Å². The first-order valence-electron chi connectivity index (χ1n) is 5.80. The number of nitrogen functional groups attached to an aromatic ring is 1. The number of rotatable bonds is 2. The first kappa shape index (κ1) is 13.8. The number of nitrogens with zero attached hydrogens (tertiary/aromatic N) is 1. The Morgan fingerprint density at radius 2 is 2.05 bits per heavy atom. The fourth-order valence-electron chi connectivity index (χ4n) is 1.99. The van der Waals surface area contributed by atoms with Crippen LogP contribution in [0, 0.1) is 5.82 Å². The van der Waals surface area contributed by atoms with Gasteiger partial charge in [-0.1, -0.05) is 0 Å². The van der Waals surface area contributed by atoms with Crippen molar-refractivity contribution in [1.29, 1.82) is 0 Å². The number of carbonyl (C=O) groups is 1. The smallest absolute Gasteiger partial charge is 0.340 e. The molecule has 0 radical (unpaired) electrons. The van der Waals surface area contributed by atoms with Gasteiger partial charge in [-0.25, -0.2) is 9.18 Å². The molecule has 1 aliphatic heterocycles. The lowest BCUT2D eigenvalue weighted by Crippen LogP contribution is -2.38. The van der Waals surface area contributed by atoms with Crippen LogP contribution in [0.25, 0.3) is 0 Å². The van der Waals surface area contributed by atoms with E-state index in [1.165, 1.54) is 13.2 Å². The normalized spacial score (nSPS) is 16.4. The summed E-state index contributed by atoms with van der Waals surface area (Å²) < 4.78 is 29.8. The second-order valence-corrected chi connectivity index (χ2v) is 5.91. The number of halogens is 1. The zero-order valence-electron chi connectivity index (χ0n) is 10.5. The summed E-state index contributed by atoms with van der Waals surface area (Å²) in [5.41, 5.74) is 6.10. The predicted octanol–water partition coefficient (Wildman–Crippen LogP) is 0.763. The number of hydrogen-bond donors (Lipinski definition) is 1. The van der Waals surface area contributed by atoms with Crippen LogP contribution in [0.2, 0.25) is 0 Å². The van der Waals surface area contributed by atoms with E-state index in [0.29, 0.717) is 30.3 Å². The van der Waals surface area contributed by atoms with Gasteiger partial charge in [-0.3, -0.25) is 4.21 Å². The molecule has 0 aromatic heterocycles. The Kier molecular flexibility index (Phi) is 4.04. The van der Waals surface area contributed by atoms with Crippen molar-refractivity contribution in [3.05, 3.63) is 23.5 Å². The molecule has 0 spiro atoms. The molecule has 1 aromatic rings. The van der Waals surface area contributed by atoms with E-state index in [9.17, 15) is 13.4 Å². The lowest BCUT2D eigenvalue weighted by Gasteiger charge is -2.29. The van der Waals surface area contributed by atoms with Gasteiger partial charge < -0.3 is 15.4 Å². The number of benzene rings is 1. The molecular weight excluding hydrogens is 271 g/mol. The van der Waals surface area contributed by atoms with E-state index in [4.69, 9.17) is 5.73 Å². The SMILES string of the molecule is COC(=O)c1cc(N2CCS(=O)CC2)c(F)cc1N. The summed E-state index contributed by atoms with van der Waals surface area (Å²) in [7, 11) is 0.403. The number of anilines is 2. The lowest BCUT2D eigenvalue weighted by atomic mass is 10.1. The molecule has 5 nitrogen and oxygen atoms in total. The van der Waals surface area contributed by atoms with Gasteiger partial charge in [0, 0.05) is 41.1 Å². The van der Waals surface area contributed by atoms with Gasteiger partial charge in [-0.2, -0.15) is 0 Å². The highest BCUT2D eigenvalue weighted by Crippen LogP contribution is 2.27. The maximum absolute atomic E-state index is 13.9. The molecule has 1 fully saturated rings. The maximum Gasteiger partial charge on any atom is 0.340 e. The van der Waals surface area contributed by atoms with E-state index in [2.05, 4.69) is 4.74 Å². The molecule has 19 heavy (non-hydrogen) atoms. The number of carbonyl (C=O) groups excluding carboxylic acids is 1. The molecule has 7 heteroatoms. The molecule has 0 aliphatic carbocycles. The van der Waals surface area contributed by atoms with E-state index in [1.807, 2.05) is 0 Å². The van der Waals surface area contributed by atoms with Crippen molar-refractivity contribution >= 4 is 28.1 Å². The third kappa shape index (κ3) is 2.86. The summed E-state index contributed by atoms with van der Waals surface area (Å²) in [5, 5.41) is 0. The van der Waals surface area contributed by atoms with Gasteiger partial charge in [-0.05, 0) is 12.1 Å². The standard InChI is InChI=1S/C12H15FN2O3S/c1-18-12(16)8-6-11(9(13)7-10(8)14)15-2-4-19(17)5-3-15/h6-7H,2-5,14H2,1H3. The molecule has 0 saturated carbocycles. The molecule has 0 atom stereocenters. The average molecular weight is 286 g/mol. The van der Waals surface area contributed by atoms with Crippen molar-refractivity contribution in [3.63, 3.8) is 0 Å². The van der Waals surface area contributed by atoms with Crippen LogP contribution in [-0.2, 0) is 15.5 Å². The van der Waals surface area contributed by atoms with E-state index in [-0.39, 0.29) is 11.3 Å². The van der Waals surface area contributed by atoms with Crippen molar-refractivity contribution in [2.45, 2.75) is 0 Å². The molecule has 1 heterocycles. The second-order valence-electron chi connectivity index (χ2n) is 4.22. The molecular formula is C12H15FN2O3S. The highest BCUT2D eigenvalue weighted by atomic mass is 32.2. The molecule has 0 bridgehead atoms. The average Bonchev–Trinajstić information content (AvgIpc) is 2.39. The third-order valence-electron chi connectivity index (χ3n) is 3.04. The first-order chi connectivity index (χ1) is 9.02. The monoisotopic (exact) mass is 286 g/mol. The number of ether oxygens (including phenoxy) is 1. The fourth-order valence-corrected chi connectivity index (χ4v) is 3.04. The summed E-state index contributed by atoms with van der Waals surface area (Å²) in [6.07, 6.45) is 0. The number of esters is 1. The van der Waals surface area contributed by atoms with E-state index in [0.717, 1.165) is 6.07 Å². The molecule has 0 amide bonds. The van der Waals surface area contributed by atoms with E-state index >= 15 is 0 Å². The molecule has 0 unspecified atom stereocenters. The minimum atomic E-state index is -0.842. The van der Waals surface area contributed by atoms with Crippen molar-refractivity contribution in [3.8, 4) is 0 Å². The highest BCUT2D eigenvalue weighted by molar-refractivity contribution is 7.85. The Morgan fingerprint density at radius 1 is 1.42 bits per heavy atom. The van der Waals surface area contributed by atoms with Crippen LogP contribution >= 0.6 is 0 Å². The van der Waals surface area contributed by atoms with Crippen LogP contribution < -0.4 is 10.6 Å². The minimum Gasteiger partial charge on any atom is -0.465 e. The predicted molar refractivity (Wildman–Crippen MR) is 72.2 cm³/mol. The van der Waals surface area contributed by atoms with Gasteiger partial charge in [0.1, 0.15) is 5.82 Å². The summed E-state index contributed by atoms with van der Waals surface area (Å²) in [6.45, 7) is 0.988. The van der Waals surface area contributed by atoms with Crippen LogP contribution in [0.5, 0.6) is 0 Å². The van der Waals surface area contributed by atoms with Crippen LogP contribution in [-0.4, -0.2) is 41.9 Å². The van der Waals surface area contributed by atoms with Gasteiger partial charge in [0.2, 0.25) is 0 Å². The van der Waals surface area contributed by atoms with Gasteiger partial charge >= 0.3 is 5.97 Å². The zero-order chi connectivity index (χ0) is 14.0. The summed E-state index contributed by atoms with van der Waals surface area (Å²) in [5.74, 6) is -0.0912. The Hall–Kier alpha value is -1.63. The van der Waals surface area contributed by atoms with Crippen LogP contribution in [0.4, 0.5) is 15.8 Å². The summed E-state index contributed by atoms with van der Waals surface area (Å²) >= 11 is 0. The first-order valence-corrected chi connectivity index (χ1v) is 7.29. The molecule has 1 aliphatic rings. The van der Waals surface area contributed by atoms with Crippen molar-refractivity contribution in [2.75, 3.05) is 42.3 Å². The van der Waals surface area contributed by atoms with E-state index in [1.54, 1.807) is 4.90 Å². The second kappa shape index (κ2) is 5.56. The Balaban J connectivity index is 2.34. The van der Waals surface area contributed by atoms with E-state index < -0.39 is 22.6 Å². The summed E-state index contributed by atoms with van der Waals surface area (Å²) in [6, 6.07) is 2.51. The number of methoxy groups -OCH3 is 1. The topological polar surface area (TPSA) is 72.6 Å².